The van der Waals surface area contributed by atoms with Crippen molar-refractivity contribution in [2.45, 2.75) is 12.8 Å². The zero-order valence-electron chi connectivity index (χ0n) is 18.2. The summed E-state index contributed by atoms with van der Waals surface area (Å²) in [6.07, 6.45) is 0.580. The lowest BCUT2D eigenvalue weighted by atomic mass is 10.1. The number of carbonyl (C=O) groups is 1. The summed E-state index contributed by atoms with van der Waals surface area (Å²) in [7, 11) is 0. The number of amides is 1. The van der Waals surface area contributed by atoms with E-state index in [1.54, 1.807) is 36.5 Å². The zero-order chi connectivity index (χ0) is 25.4. The number of aromatic nitrogens is 5. The van der Waals surface area contributed by atoms with Crippen LogP contribution >= 0.6 is 11.6 Å². The van der Waals surface area contributed by atoms with Gasteiger partial charge in [-0.15, -0.1) is 0 Å². The first-order valence-corrected chi connectivity index (χ1v) is 10.9. The molecule has 0 aliphatic carbocycles. The number of aliphatic hydroxyl groups excluding tert-OH is 1. The van der Waals surface area contributed by atoms with Crippen LogP contribution in [0.4, 0.5) is 18.9 Å². The molecule has 1 amide bonds. The van der Waals surface area contributed by atoms with Gasteiger partial charge in [0.2, 0.25) is 0 Å². The van der Waals surface area contributed by atoms with Gasteiger partial charge in [0.05, 0.1) is 46.5 Å². The largest absolute Gasteiger partial charge is 0.434 e. The van der Waals surface area contributed by atoms with Crippen molar-refractivity contribution in [3.8, 4) is 11.4 Å². The Labute approximate surface area is 206 Å². The van der Waals surface area contributed by atoms with Crippen molar-refractivity contribution in [3.05, 3.63) is 95.2 Å². The smallest absolute Gasteiger partial charge is 0.392 e. The molecular formula is C24H16ClF3N6O2. The van der Waals surface area contributed by atoms with Crippen molar-refractivity contribution >= 4 is 34.1 Å². The molecule has 0 atom stereocenters. The van der Waals surface area contributed by atoms with Gasteiger partial charge in [-0.2, -0.15) is 23.4 Å². The molecule has 3 heterocycles. The maximum Gasteiger partial charge on any atom is 0.434 e. The molecule has 3 aromatic heterocycles. The van der Waals surface area contributed by atoms with Gasteiger partial charge in [0.15, 0.2) is 5.69 Å². The summed E-state index contributed by atoms with van der Waals surface area (Å²) >= 11 is 6.31. The van der Waals surface area contributed by atoms with Crippen molar-refractivity contribution in [2.24, 2.45) is 0 Å². The molecule has 5 aromatic rings. The molecule has 182 valence electrons. The number of anilines is 1. The first-order chi connectivity index (χ1) is 17.3. The summed E-state index contributed by atoms with van der Waals surface area (Å²) < 4.78 is 44.6. The average Bonchev–Trinajstić information content (AvgIpc) is 3.51. The van der Waals surface area contributed by atoms with Crippen LogP contribution in [0.15, 0.2) is 73.3 Å². The minimum absolute atomic E-state index is 0.140. The van der Waals surface area contributed by atoms with E-state index >= 15 is 0 Å². The summed E-state index contributed by atoms with van der Waals surface area (Å²) in [6.45, 7) is -0.198. The molecule has 0 saturated carbocycles. The van der Waals surface area contributed by atoms with Crippen LogP contribution in [0.25, 0.3) is 22.3 Å². The zero-order valence-corrected chi connectivity index (χ0v) is 19.0. The third-order valence-corrected chi connectivity index (χ3v) is 5.71. The second-order valence-electron chi connectivity index (χ2n) is 7.74. The summed E-state index contributed by atoms with van der Waals surface area (Å²) in [5.74, 6) is -1.00. The van der Waals surface area contributed by atoms with Crippen LogP contribution in [0.5, 0.6) is 0 Å². The highest BCUT2D eigenvalue weighted by Crippen LogP contribution is 2.35. The van der Waals surface area contributed by atoms with Gasteiger partial charge in [-0.25, -0.2) is 9.36 Å². The first-order valence-electron chi connectivity index (χ1n) is 10.5. The molecule has 0 saturated heterocycles. The van der Waals surface area contributed by atoms with Crippen LogP contribution < -0.4 is 5.32 Å². The number of nitrogens with one attached hydrogen (secondary N) is 1. The Balaban J connectivity index is 1.49. The van der Waals surface area contributed by atoms with Gasteiger partial charge in [-0.1, -0.05) is 17.7 Å². The van der Waals surface area contributed by atoms with Crippen molar-refractivity contribution in [2.75, 3.05) is 5.32 Å². The Morgan fingerprint density at radius 2 is 1.89 bits per heavy atom. The van der Waals surface area contributed by atoms with Gasteiger partial charge >= 0.3 is 6.18 Å². The number of alkyl halides is 3. The molecule has 0 fully saturated rings. The molecule has 0 aliphatic heterocycles. The van der Waals surface area contributed by atoms with Gasteiger partial charge in [0.25, 0.3) is 5.91 Å². The van der Waals surface area contributed by atoms with E-state index < -0.39 is 23.3 Å². The Bertz CT molecular complexity index is 1590. The number of pyridine rings is 1. The van der Waals surface area contributed by atoms with Crippen molar-refractivity contribution in [1.82, 2.24) is 24.5 Å². The number of aliphatic hydroxyl groups is 1. The molecule has 2 N–H and O–H groups in total. The Morgan fingerprint density at radius 1 is 1.06 bits per heavy atom. The molecule has 8 nitrogen and oxygen atoms in total. The van der Waals surface area contributed by atoms with E-state index in [0.717, 1.165) is 6.20 Å². The van der Waals surface area contributed by atoms with Gasteiger partial charge in [0.1, 0.15) is 0 Å². The second kappa shape index (κ2) is 9.10. The Morgan fingerprint density at radius 3 is 2.61 bits per heavy atom. The molecule has 0 bridgehead atoms. The highest BCUT2D eigenvalue weighted by molar-refractivity contribution is 6.32. The van der Waals surface area contributed by atoms with E-state index in [1.165, 1.54) is 35.3 Å². The van der Waals surface area contributed by atoms with E-state index in [1.807, 2.05) is 0 Å². The Kier molecular flexibility index (Phi) is 5.94. The molecule has 12 heteroatoms. The lowest BCUT2D eigenvalue weighted by Crippen LogP contribution is -2.21. The van der Waals surface area contributed by atoms with Crippen LogP contribution in [0.2, 0.25) is 5.02 Å². The standard InChI is InChI=1S/C24H16ClF3N6O2/c25-18-9-15(6-7-21(18)33-12-14(13-35)10-30-33)32-23(36)17-11-31-34(22(17)24(26,27)28)20-5-1-4-19-16(20)3-2-8-29-19/h1-12,35H,13H2,(H,32,36). The number of rotatable bonds is 5. The van der Waals surface area contributed by atoms with Crippen LogP contribution in [0.1, 0.15) is 21.6 Å². The summed E-state index contributed by atoms with van der Waals surface area (Å²) in [5.41, 5.74) is -0.0257. The van der Waals surface area contributed by atoms with Crippen LogP contribution in [0, 0.1) is 0 Å². The van der Waals surface area contributed by atoms with Gasteiger partial charge < -0.3 is 10.4 Å². The van der Waals surface area contributed by atoms with Gasteiger partial charge in [-0.3, -0.25) is 9.78 Å². The first kappa shape index (κ1) is 23.5. The minimum atomic E-state index is -4.88. The molecular weight excluding hydrogens is 497 g/mol. The molecule has 5 rings (SSSR count). The number of fused-ring (bicyclic) bond motifs is 1. The number of benzene rings is 2. The second-order valence-corrected chi connectivity index (χ2v) is 8.14. The summed E-state index contributed by atoms with van der Waals surface area (Å²) in [5, 5.41) is 20.3. The normalized spacial score (nSPS) is 11.7. The predicted molar refractivity (Wildman–Crippen MR) is 126 cm³/mol. The summed E-state index contributed by atoms with van der Waals surface area (Å²) in [4.78, 5) is 17.1. The monoisotopic (exact) mass is 512 g/mol. The molecule has 0 unspecified atom stereocenters. The average molecular weight is 513 g/mol. The van der Waals surface area contributed by atoms with E-state index in [4.69, 9.17) is 11.6 Å². The molecule has 0 spiro atoms. The number of halogens is 4. The van der Waals surface area contributed by atoms with Crippen LogP contribution in [-0.2, 0) is 12.8 Å². The highest BCUT2D eigenvalue weighted by atomic mass is 35.5. The maximum atomic E-state index is 14.2. The number of hydrogen-bond donors (Lipinski definition) is 2. The lowest BCUT2D eigenvalue weighted by Gasteiger charge is -2.14. The summed E-state index contributed by atoms with van der Waals surface area (Å²) in [6, 6.07) is 12.4. The van der Waals surface area contributed by atoms with Crippen LogP contribution in [-0.4, -0.2) is 35.6 Å². The topological polar surface area (TPSA) is 97.9 Å². The minimum Gasteiger partial charge on any atom is -0.392 e. The number of nitrogens with zero attached hydrogens (tertiary/aromatic N) is 5. The fourth-order valence-corrected chi connectivity index (χ4v) is 4.05. The third-order valence-electron chi connectivity index (χ3n) is 5.40. The van der Waals surface area contributed by atoms with E-state index in [0.29, 0.717) is 26.8 Å². The van der Waals surface area contributed by atoms with E-state index in [-0.39, 0.29) is 23.0 Å². The maximum absolute atomic E-state index is 14.2. The quantitative estimate of drug-likeness (QED) is 0.344. The highest BCUT2D eigenvalue weighted by Gasteiger charge is 2.41. The number of hydrogen-bond acceptors (Lipinski definition) is 5. The van der Waals surface area contributed by atoms with Gasteiger partial charge in [-0.05, 0) is 42.5 Å². The fraction of sp³-hybridized carbons (Fsp3) is 0.0833. The molecule has 36 heavy (non-hydrogen) atoms. The molecule has 2 aromatic carbocycles. The third kappa shape index (κ3) is 4.30. The molecule has 0 radical (unpaired) electrons. The van der Waals surface area contributed by atoms with Gasteiger partial charge in [0, 0.05) is 29.0 Å². The Hall–Kier alpha value is -4.22. The van der Waals surface area contributed by atoms with E-state index in [9.17, 15) is 23.1 Å². The van der Waals surface area contributed by atoms with Crippen LogP contribution in [0.3, 0.4) is 0 Å². The SMILES string of the molecule is O=C(Nc1ccc(-n2cc(CO)cn2)c(Cl)c1)c1cnn(-c2cccc3ncccc23)c1C(F)(F)F. The lowest BCUT2D eigenvalue weighted by molar-refractivity contribution is -0.143. The van der Waals surface area contributed by atoms with Crippen molar-refractivity contribution in [1.29, 1.82) is 0 Å². The predicted octanol–water partition coefficient (Wildman–Crippen LogP) is 5.02. The fourth-order valence-electron chi connectivity index (χ4n) is 3.78. The van der Waals surface area contributed by atoms with Crippen molar-refractivity contribution < 1.29 is 23.1 Å². The number of carbonyl (C=O) groups excluding carboxylic acids is 1. The van der Waals surface area contributed by atoms with E-state index in [2.05, 4.69) is 20.5 Å². The van der Waals surface area contributed by atoms with Crippen molar-refractivity contribution in [3.63, 3.8) is 0 Å². The molecule has 0 aliphatic rings.